The molecule has 0 spiro atoms. The molecule has 1 atom stereocenters. The summed E-state index contributed by atoms with van der Waals surface area (Å²) in [7, 11) is 0. The average molecular weight is 507 g/mol. The molecule has 3 aromatic rings. The Balaban J connectivity index is 1.82. The van der Waals surface area contributed by atoms with E-state index in [-0.39, 0.29) is 29.8 Å². The number of benzene rings is 2. The number of hydrogen-bond donors (Lipinski definition) is 3. The molecule has 11 heteroatoms. The number of rotatable bonds is 8. The number of para-hydroxylation sites is 1. The van der Waals surface area contributed by atoms with Crippen LogP contribution in [0.1, 0.15) is 37.7 Å². The van der Waals surface area contributed by atoms with Crippen molar-refractivity contribution in [3.8, 4) is 23.4 Å². The van der Waals surface area contributed by atoms with Crippen LogP contribution in [-0.4, -0.2) is 56.3 Å². The lowest BCUT2D eigenvalue weighted by Gasteiger charge is -2.22. The van der Waals surface area contributed by atoms with Gasteiger partial charge in [0.15, 0.2) is 6.19 Å². The highest BCUT2D eigenvalue weighted by atomic mass is 16.6. The van der Waals surface area contributed by atoms with Gasteiger partial charge in [-0.1, -0.05) is 18.2 Å². The van der Waals surface area contributed by atoms with E-state index in [9.17, 15) is 29.9 Å². The van der Waals surface area contributed by atoms with Crippen molar-refractivity contribution in [2.24, 2.45) is 0 Å². The zero-order chi connectivity index (χ0) is 27.2. The van der Waals surface area contributed by atoms with Gasteiger partial charge in [0.25, 0.3) is 5.91 Å². The Morgan fingerprint density at radius 3 is 2.43 bits per heavy atom. The topological polar surface area (TPSA) is 162 Å². The third-order valence-corrected chi connectivity index (χ3v) is 5.02. The van der Waals surface area contributed by atoms with Gasteiger partial charge in [-0.2, -0.15) is 5.26 Å². The molecule has 1 aromatic heterocycles. The second kappa shape index (κ2) is 11.3. The normalized spacial score (nSPS) is 11.7. The number of ether oxygens (including phenoxy) is 2. The molecular formula is C26H26N4O7. The summed E-state index contributed by atoms with van der Waals surface area (Å²) >= 11 is 0. The molecule has 0 saturated heterocycles. The molecule has 37 heavy (non-hydrogen) atoms. The molecule has 0 radical (unpaired) electrons. The van der Waals surface area contributed by atoms with Crippen LogP contribution >= 0.6 is 0 Å². The van der Waals surface area contributed by atoms with Gasteiger partial charge in [-0.05, 0) is 57.5 Å². The first-order valence-corrected chi connectivity index (χ1v) is 11.3. The minimum Gasteiger partial charge on any atom is -0.506 e. The van der Waals surface area contributed by atoms with Crippen molar-refractivity contribution in [1.29, 1.82) is 5.26 Å². The Bertz CT molecular complexity index is 1350. The number of pyridine rings is 1. The summed E-state index contributed by atoms with van der Waals surface area (Å²) in [5.74, 6) is -1.42. The van der Waals surface area contributed by atoms with E-state index in [1.807, 2.05) is 6.07 Å². The van der Waals surface area contributed by atoms with Crippen LogP contribution in [0.4, 0.5) is 4.79 Å². The summed E-state index contributed by atoms with van der Waals surface area (Å²) in [6, 6.07) is 12.2. The van der Waals surface area contributed by atoms with E-state index < -0.39 is 29.6 Å². The smallest absolute Gasteiger partial charge is 0.408 e. The van der Waals surface area contributed by atoms with Gasteiger partial charge in [0.1, 0.15) is 34.6 Å². The number of aliphatic carboxylic acids is 1. The van der Waals surface area contributed by atoms with Gasteiger partial charge in [0.05, 0.1) is 6.20 Å². The number of nitriles is 1. The van der Waals surface area contributed by atoms with Gasteiger partial charge >= 0.3 is 12.1 Å². The third-order valence-electron chi connectivity index (χ3n) is 5.02. The lowest BCUT2D eigenvalue weighted by atomic mass is 10.1. The Labute approximate surface area is 212 Å². The predicted molar refractivity (Wildman–Crippen MR) is 132 cm³/mol. The van der Waals surface area contributed by atoms with Crippen molar-refractivity contribution in [1.82, 2.24) is 15.2 Å². The maximum atomic E-state index is 13.2. The molecule has 3 N–H and O–H groups in total. The first-order valence-electron chi connectivity index (χ1n) is 11.3. The van der Waals surface area contributed by atoms with Gasteiger partial charge < -0.3 is 25.0 Å². The summed E-state index contributed by atoms with van der Waals surface area (Å²) < 4.78 is 10.9. The van der Waals surface area contributed by atoms with Crippen molar-refractivity contribution in [2.75, 3.05) is 6.54 Å². The average Bonchev–Trinajstić information content (AvgIpc) is 2.83. The predicted octanol–water partition coefficient (Wildman–Crippen LogP) is 4.02. The van der Waals surface area contributed by atoms with Crippen LogP contribution in [0.2, 0.25) is 0 Å². The van der Waals surface area contributed by atoms with Crippen LogP contribution in [0.15, 0.2) is 54.7 Å². The number of carboxylic acids is 1. The maximum absolute atomic E-state index is 13.2. The lowest BCUT2D eigenvalue weighted by molar-refractivity contribution is -0.139. The summed E-state index contributed by atoms with van der Waals surface area (Å²) in [6.45, 7) is 4.56. The highest BCUT2D eigenvalue weighted by Gasteiger charge is 2.27. The molecule has 1 heterocycles. The maximum Gasteiger partial charge on any atom is 0.408 e. The van der Waals surface area contributed by atoms with Crippen LogP contribution in [0.5, 0.6) is 17.2 Å². The molecule has 0 aliphatic rings. The third kappa shape index (κ3) is 7.08. The standard InChI is InChI=1S/C26H26N4O7/c1-26(2,3)37-25(35)29-20(24(33)34)11-12-30(15-27)23(32)22-19-13-17(36-16-7-5-4-6-8-16)9-10-18(19)21(31)14-28-22/h4-10,13-14,20,31H,11-12H2,1-3H3,(H,29,35)(H,33,34)/t20-/m0/s1. The van der Waals surface area contributed by atoms with E-state index in [4.69, 9.17) is 9.47 Å². The SMILES string of the molecule is CC(C)(C)OC(=O)N[C@@H](CCN(C#N)C(=O)c1ncc(O)c2ccc(Oc3ccccc3)cc12)C(=O)O. The molecule has 0 aliphatic heterocycles. The Hall–Kier alpha value is -4.85. The Kier molecular flexibility index (Phi) is 8.14. The number of amides is 2. The van der Waals surface area contributed by atoms with E-state index in [2.05, 4.69) is 10.3 Å². The summed E-state index contributed by atoms with van der Waals surface area (Å²) in [6.07, 6.45) is 1.61. The Morgan fingerprint density at radius 2 is 1.81 bits per heavy atom. The number of nitrogens with one attached hydrogen (secondary N) is 1. The second-order valence-corrected chi connectivity index (χ2v) is 9.00. The first-order chi connectivity index (χ1) is 17.5. The van der Waals surface area contributed by atoms with E-state index in [1.165, 1.54) is 6.07 Å². The fourth-order valence-corrected chi connectivity index (χ4v) is 3.36. The minimum atomic E-state index is -1.41. The fraction of sp³-hybridized carbons (Fsp3) is 0.269. The van der Waals surface area contributed by atoms with Crippen molar-refractivity contribution in [2.45, 2.75) is 38.8 Å². The lowest BCUT2D eigenvalue weighted by Crippen LogP contribution is -2.45. The van der Waals surface area contributed by atoms with E-state index >= 15 is 0 Å². The van der Waals surface area contributed by atoms with Crippen molar-refractivity contribution in [3.63, 3.8) is 0 Å². The van der Waals surface area contributed by atoms with Gasteiger partial charge in [0, 0.05) is 17.3 Å². The number of carbonyl (C=O) groups excluding carboxylic acids is 2. The van der Waals surface area contributed by atoms with Crippen LogP contribution in [0, 0.1) is 11.5 Å². The number of carbonyl (C=O) groups is 3. The second-order valence-electron chi connectivity index (χ2n) is 9.00. The molecule has 11 nitrogen and oxygen atoms in total. The number of aromatic nitrogens is 1. The highest BCUT2D eigenvalue weighted by molar-refractivity contribution is 6.07. The molecule has 192 valence electrons. The van der Waals surface area contributed by atoms with Gasteiger partial charge in [0.2, 0.25) is 0 Å². The fourth-order valence-electron chi connectivity index (χ4n) is 3.36. The molecule has 2 aromatic carbocycles. The number of carboxylic acid groups (broad SMARTS) is 1. The largest absolute Gasteiger partial charge is 0.506 e. The molecule has 0 unspecified atom stereocenters. The zero-order valence-electron chi connectivity index (χ0n) is 20.5. The van der Waals surface area contributed by atoms with Gasteiger partial charge in [-0.3, -0.25) is 4.79 Å². The number of alkyl carbamates (subject to hydrolysis) is 1. The molecule has 0 aliphatic carbocycles. The first kappa shape index (κ1) is 26.7. The van der Waals surface area contributed by atoms with Crippen LogP contribution in [0.25, 0.3) is 10.8 Å². The molecule has 0 bridgehead atoms. The van der Waals surface area contributed by atoms with Crippen LogP contribution < -0.4 is 10.1 Å². The minimum absolute atomic E-state index is 0.139. The monoisotopic (exact) mass is 506 g/mol. The Morgan fingerprint density at radius 1 is 1.11 bits per heavy atom. The molecule has 3 rings (SSSR count). The number of fused-ring (bicyclic) bond motifs is 1. The van der Waals surface area contributed by atoms with Crippen molar-refractivity contribution < 1.29 is 34.1 Å². The van der Waals surface area contributed by atoms with Crippen molar-refractivity contribution in [3.05, 3.63) is 60.4 Å². The molecule has 0 saturated carbocycles. The van der Waals surface area contributed by atoms with Crippen LogP contribution in [-0.2, 0) is 9.53 Å². The van der Waals surface area contributed by atoms with E-state index in [0.29, 0.717) is 16.9 Å². The van der Waals surface area contributed by atoms with Crippen molar-refractivity contribution >= 4 is 28.7 Å². The summed E-state index contributed by atoms with van der Waals surface area (Å²) in [4.78, 5) is 41.6. The zero-order valence-corrected chi connectivity index (χ0v) is 20.5. The summed E-state index contributed by atoms with van der Waals surface area (Å²) in [5, 5.41) is 32.1. The molecule has 2 amide bonds. The number of hydrogen-bond acceptors (Lipinski definition) is 8. The van der Waals surface area contributed by atoms with E-state index in [0.717, 1.165) is 11.1 Å². The quantitative estimate of drug-likeness (QED) is 0.302. The summed E-state index contributed by atoms with van der Waals surface area (Å²) in [5.41, 5.74) is -0.976. The van der Waals surface area contributed by atoms with Gasteiger partial charge in [-0.25, -0.2) is 19.5 Å². The number of aromatic hydroxyl groups is 1. The number of nitrogens with zero attached hydrogens (tertiary/aromatic N) is 3. The van der Waals surface area contributed by atoms with Gasteiger partial charge in [-0.15, -0.1) is 0 Å². The highest BCUT2D eigenvalue weighted by Crippen LogP contribution is 2.32. The van der Waals surface area contributed by atoms with Crippen LogP contribution in [0.3, 0.4) is 0 Å². The molecular weight excluding hydrogens is 480 g/mol. The molecule has 0 fully saturated rings. The van der Waals surface area contributed by atoms with E-state index in [1.54, 1.807) is 63.4 Å².